The van der Waals surface area contributed by atoms with E-state index >= 15 is 0 Å². The van der Waals surface area contributed by atoms with Gasteiger partial charge >= 0.3 is 0 Å². The maximum absolute atomic E-state index is 11.9. The molecule has 0 saturated carbocycles. The molecule has 0 bridgehead atoms. The monoisotopic (exact) mass is 285 g/mol. The molecule has 0 aliphatic rings. The predicted octanol–water partition coefficient (Wildman–Crippen LogP) is 2.40. The van der Waals surface area contributed by atoms with Crippen molar-refractivity contribution in [2.45, 2.75) is 33.6 Å². The van der Waals surface area contributed by atoms with E-state index < -0.39 is 10.0 Å². The molecule has 108 valence electrons. The summed E-state index contributed by atoms with van der Waals surface area (Å²) < 4.78 is 26.4. The zero-order chi connectivity index (χ0) is 14.5. The molecule has 0 saturated heterocycles. The van der Waals surface area contributed by atoms with Crippen molar-refractivity contribution in [2.24, 2.45) is 5.41 Å². The summed E-state index contributed by atoms with van der Waals surface area (Å²) in [6.07, 6.45) is 1.20. The standard InChI is InChI=1S/C14H23NO3S/c1-14(2,3)9-11-19(17,18)15-13-6-4-12(5-7-13)8-10-16/h4-7,15-16H,8-11H2,1-3H3. The second-order valence-corrected chi connectivity index (χ2v) is 7.74. The van der Waals surface area contributed by atoms with Crippen molar-refractivity contribution in [3.63, 3.8) is 0 Å². The van der Waals surface area contributed by atoms with Gasteiger partial charge in [0.25, 0.3) is 0 Å². The Hall–Kier alpha value is -1.07. The van der Waals surface area contributed by atoms with Crippen molar-refractivity contribution in [3.8, 4) is 0 Å². The highest BCUT2D eigenvalue weighted by atomic mass is 32.2. The molecule has 0 aliphatic carbocycles. The smallest absolute Gasteiger partial charge is 0.232 e. The molecule has 1 rings (SSSR count). The number of anilines is 1. The van der Waals surface area contributed by atoms with Gasteiger partial charge in [0.1, 0.15) is 0 Å². The lowest BCUT2D eigenvalue weighted by atomic mass is 9.94. The molecular weight excluding hydrogens is 262 g/mol. The molecule has 0 radical (unpaired) electrons. The summed E-state index contributed by atoms with van der Waals surface area (Å²) in [5.74, 6) is 0.120. The minimum absolute atomic E-state index is 0.000265. The minimum Gasteiger partial charge on any atom is -0.396 e. The van der Waals surface area contributed by atoms with Crippen molar-refractivity contribution in [1.29, 1.82) is 0 Å². The second-order valence-electron chi connectivity index (χ2n) is 5.90. The van der Waals surface area contributed by atoms with Gasteiger partial charge in [-0.2, -0.15) is 0 Å². The quantitative estimate of drug-likeness (QED) is 0.843. The van der Waals surface area contributed by atoms with Crippen molar-refractivity contribution < 1.29 is 13.5 Å². The number of hydrogen-bond donors (Lipinski definition) is 2. The van der Waals surface area contributed by atoms with Gasteiger partial charge in [0.15, 0.2) is 0 Å². The lowest BCUT2D eigenvalue weighted by Crippen LogP contribution is -2.20. The fourth-order valence-corrected chi connectivity index (χ4v) is 3.02. The predicted molar refractivity (Wildman–Crippen MR) is 78.7 cm³/mol. The molecule has 0 aromatic heterocycles. The SMILES string of the molecule is CC(C)(C)CCS(=O)(=O)Nc1ccc(CCO)cc1. The molecule has 0 atom stereocenters. The number of aliphatic hydroxyl groups is 1. The Labute approximate surface area is 115 Å². The van der Waals surface area contributed by atoms with E-state index in [0.717, 1.165) is 5.56 Å². The van der Waals surface area contributed by atoms with Crippen molar-refractivity contribution in [3.05, 3.63) is 29.8 Å². The third-order valence-electron chi connectivity index (χ3n) is 2.75. The lowest BCUT2D eigenvalue weighted by Gasteiger charge is -2.18. The Kier molecular flexibility index (Phi) is 5.38. The molecule has 4 nitrogen and oxygen atoms in total. The maximum Gasteiger partial charge on any atom is 0.232 e. The Bertz CT molecular complexity index is 486. The highest BCUT2D eigenvalue weighted by molar-refractivity contribution is 7.92. The number of rotatable bonds is 6. The molecule has 5 heteroatoms. The second kappa shape index (κ2) is 6.39. The first-order valence-corrected chi connectivity index (χ1v) is 8.07. The van der Waals surface area contributed by atoms with Crippen LogP contribution in [-0.2, 0) is 16.4 Å². The van der Waals surface area contributed by atoms with Gasteiger partial charge in [-0.1, -0.05) is 32.9 Å². The van der Waals surface area contributed by atoms with Crippen LogP contribution in [0.15, 0.2) is 24.3 Å². The number of nitrogens with one attached hydrogen (secondary N) is 1. The Morgan fingerprint density at radius 2 is 1.74 bits per heavy atom. The third kappa shape index (κ3) is 6.59. The van der Waals surface area contributed by atoms with Crippen molar-refractivity contribution >= 4 is 15.7 Å². The van der Waals surface area contributed by atoms with Crippen LogP contribution in [-0.4, -0.2) is 25.9 Å². The van der Waals surface area contributed by atoms with Gasteiger partial charge in [-0.3, -0.25) is 4.72 Å². The van der Waals surface area contributed by atoms with Gasteiger partial charge in [0.2, 0.25) is 10.0 Å². The van der Waals surface area contributed by atoms with Gasteiger partial charge in [0.05, 0.1) is 5.75 Å². The molecular formula is C14H23NO3S. The van der Waals surface area contributed by atoms with Gasteiger partial charge in [0, 0.05) is 12.3 Å². The van der Waals surface area contributed by atoms with Gasteiger partial charge in [-0.15, -0.1) is 0 Å². The first-order valence-electron chi connectivity index (χ1n) is 6.42. The highest BCUT2D eigenvalue weighted by Crippen LogP contribution is 2.20. The van der Waals surface area contributed by atoms with Crippen LogP contribution in [0.3, 0.4) is 0 Å². The first-order chi connectivity index (χ1) is 8.72. The summed E-state index contributed by atoms with van der Waals surface area (Å²) in [7, 11) is -3.29. The van der Waals surface area contributed by atoms with Crippen LogP contribution in [0.25, 0.3) is 0 Å². The van der Waals surface area contributed by atoms with E-state index in [1.807, 2.05) is 32.9 Å². The fraction of sp³-hybridized carbons (Fsp3) is 0.571. The van der Waals surface area contributed by atoms with E-state index in [4.69, 9.17) is 5.11 Å². The van der Waals surface area contributed by atoms with Gasteiger partial charge in [-0.25, -0.2) is 8.42 Å². The summed E-state index contributed by atoms with van der Waals surface area (Å²) in [5.41, 5.74) is 1.55. The molecule has 1 aromatic carbocycles. The average molecular weight is 285 g/mol. The molecule has 0 heterocycles. The summed E-state index contributed by atoms with van der Waals surface area (Å²) in [6.45, 7) is 6.15. The maximum atomic E-state index is 11.9. The zero-order valence-corrected chi connectivity index (χ0v) is 12.6. The molecule has 0 spiro atoms. The van der Waals surface area contributed by atoms with Crippen LogP contribution < -0.4 is 4.72 Å². The summed E-state index contributed by atoms with van der Waals surface area (Å²) in [6, 6.07) is 7.08. The molecule has 0 unspecified atom stereocenters. The fourth-order valence-electron chi connectivity index (χ4n) is 1.54. The summed E-state index contributed by atoms with van der Waals surface area (Å²) in [4.78, 5) is 0. The molecule has 0 amide bonds. The van der Waals surface area contributed by atoms with Crippen molar-refractivity contribution in [1.82, 2.24) is 0 Å². The minimum atomic E-state index is -3.29. The molecule has 19 heavy (non-hydrogen) atoms. The molecule has 0 fully saturated rings. The van der Waals surface area contributed by atoms with Crippen LogP contribution in [0.2, 0.25) is 0 Å². The largest absolute Gasteiger partial charge is 0.396 e. The highest BCUT2D eigenvalue weighted by Gasteiger charge is 2.17. The normalized spacial score (nSPS) is 12.4. The van der Waals surface area contributed by atoms with Crippen LogP contribution in [0.5, 0.6) is 0 Å². The molecule has 2 N–H and O–H groups in total. The summed E-state index contributed by atoms with van der Waals surface area (Å²) >= 11 is 0. The van der Waals surface area contributed by atoms with Crippen LogP contribution >= 0.6 is 0 Å². The van der Waals surface area contributed by atoms with Crippen LogP contribution in [0.4, 0.5) is 5.69 Å². The Balaban J connectivity index is 2.62. The number of aliphatic hydroxyl groups excluding tert-OH is 1. The topological polar surface area (TPSA) is 66.4 Å². The van der Waals surface area contributed by atoms with Gasteiger partial charge in [-0.05, 0) is 36.0 Å². The molecule has 1 aromatic rings. The van der Waals surface area contributed by atoms with Crippen molar-refractivity contribution in [2.75, 3.05) is 17.1 Å². The van der Waals surface area contributed by atoms with E-state index in [1.165, 1.54) is 0 Å². The average Bonchev–Trinajstić information content (AvgIpc) is 2.29. The van der Waals surface area contributed by atoms with E-state index in [9.17, 15) is 8.42 Å². The third-order valence-corrected chi connectivity index (χ3v) is 4.04. The summed E-state index contributed by atoms with van der Waals surface area (Å²) in [5, 5.41) is 8.81. The first kappa shape index (κ1) is 16.0. The van der Waals surface area contributed by atoms with E-state index in [1.54, 1.807) is 12.1 Å². The number of sulfonamides is 1. The van der Waals surface area contributed by atoms with Crippen LogP contribution in [0, 0.1) is 5.41 Å². The van der Waals surface area contributed by atoms with E-state index in [-0.39, 0.29) is 17.8 Å². The Morgan fingerprint density at radius 3 is 2.21 bits per heavy atom. The van der Waals surface area contributed by atoms with Crippen LogP contribution in [0.1, 0.15) is 32.8 Å². The van der Waals surface area contributed by atoms with E-state index in [2.05, 4.69) is 4.72 Å². The number of hydrogen-bond acceptors (Lipinski definition) is 3. The van der Waals surface area contributed by atoms with E-state index in [0.29, 0.717) is 18.5 Å². The zero-order valence-electron chi connectivity index (χ0n) is 11.8. The Morgan fingerprint density at radius 1 is 1.16 bits per heavy atom. The molecule has 0 aliphatic heterocycles. The van der Waals surface area contributed by atoms with Gasteiger partial charge < -0.3 is 5.11 Å². The lowest BCUT2D eigenvalue weighted by molar-refractivity contribution is 0.299. The number of benzene rings is 1.